The number of sulfone groups is 1. The lowest BCUT2D eigenvalue weighted by molar-refractivity contribution is -0.141. The normalized spacial score (nSPS) is 23.0. The first-order valence-corrected chi connectivity index (χ1v) is 6.77. The van der Waals surface area contributed by atoms with Gasteiger partial charge >= 0.3 is 5.97 Å². The van der Waals surface area contributed by atoms with Gasteiger partial charge in [0.1, 0.15) is 5.75 Å². The predicted molar refractivity (Wildman–Crippen MR) is 59.7 cm³/mol. The number of carboxylic acid groups (broad SMARTS) is 1. The van der Waals surface area contributed by atoms with Crippen LogP contribution in [0.4, 0.5) is 0 Å². The van der Waals surface area contributed by atoms with Crippen LogP contribution in [0.1, 0.15) is 18.4 Å². The summed E-state index contributed by atoms with van der Waals surface area (Å²) in [5, 5.41) is 18.7. The number of fused-ring (bicyclic) bond motifs is 1. The Labute approximate surface area is 98.6 Å². The van der Waals surface area contributed by atoms with Crippen LogP contribution in [-0.2, 0) is 14.6 Å². The molecule has 0 amide bonds. The summed E-state index contributed by atoms with van der Waals surface area (Å²) in [5.41, 5.74) is 0.238. The maximum Gasteiger partial charge on any atom is 0.306 e. The van der Waals surface area contributed by atoms with Gasteiger partial charge in [0.15, 0.2) is 9.84 Å². The van der Waals surface area contributed by atoms with E-state index in [2.05, 4.69) is 0 Å². The molecule has 1 aliphatic rings. The molecule has 0 saturated carbocycles. The van der Waals surface area contributed by atoms with Gasteiger partial charge in [-0.15, -0.1) is 0 Å². The Bertz CT molecular complexity index is 576. The SMILES string of the molecule is CC(C(=O)O)C1CS(=O)(=O)c2cccc(O)c21. The zero-order chi connectivity index (χ0) is 12.8. The second-order valence-electron chi connectivity index (χ2n) is 4.20. The van der Waals surface area contributed by atoms with Crippen LogP contribution < -0.4 is 0 Å². The van der Waals surface area contributed by atoms with Crippen LogP contribution in [0, 0.1) is 5.92 Å². The molecule has 1 aromatic rings. The lowest BCUT2D eigenvalue weighted by atomic mass is 9.88. The Morgan fingerprint density at radius 2 is 2.12 bits per heavy atom. The Kier molecular flexibility index (Phi) is 2.61. The smallest absolute Gasteiger partial charge is 0.306 e. The van der Waals surface area contributed by atoms with Crippen molar-refractivity contribution in [2.45, 2.75) is 17.7 Å². The van der Waals surface area contributed by atoms with Gasteiger partial charge < -0.3 is 10.2 Å². The van der Waals surface area contributed by atoms with E-state index in [9.17, 15) is 18.3 Å². The standard InChI is InChI=1S/C11H12O5S/c1-6(11(13)14)7-5-17(15,16)9-4-2-3-8(12)10(7)9/h2-4,6-7,12H,5H2,1H3,(H,13,14). The number of hydrogen-bond acceptors (Lipinski definition) is 4. The Hall–Kier alpha value is -1.56. The van der Waals surface area contributed by atoms with E-state index < -0.39 is 27.6 Å². The first kappa shape index (κ1) is 11.9. The average Bonchev–Trinajstić information content (AvgIpc) is 2.51. The van der Waals surface area contributed by atoms with Crippen LogP contribution in [0.5, 0.6) is 5.75 Å². The number of aliphatic carboxylic acids is 1. The molecule has 2 rings (SSSR count). The van der Waals surface area contributed by atoms with Crippen molar-refractivity contribution in [2.24, 2.45) is 5.92 Å². The van der Waals surface area contributed by atoms with Gasteiger partial charge in [-0.25, -0.2) is 8.42 Å². The summed E-state index contributed by atoms with van der Waals surface area (Å²) in [5.74, 6) is -3.01. The Balaban J connectivity index is 2.62. The van der Waals surface area contributed by atoms with Crippen LogP contribution in [-0.4, -0.2) is 30.4 Å². The van der Waals surface area contributed by atoms with Crippen molar-refractivity contribution >= 4 is 15.8 Å². The quantitative estimate of drug-likeness (QED) is 0.823. The van der Waals surface area contributed by atoms with Gasteiger partial charge in [-0.3, -0.25) is 4.79 Å². The van der Waals surface area contributed by atoms with Crippen LogP contribution in [0.15, 0.2) is 23.1 Å². The molecule has 2 N–H and O–H groups in total. The van der Waals surface area contributed by atoms with Gasteiger partial charge in [0.25, 0.3) is 0 Å². The summed E-state index contributed by atoms with van der Waals surface area (Å²) >= 11 is 0. The molecule has 17 heavy (non-hydrogen) atoms. The van der Waals surface area contributed by atoms with Crippen molar-refractivity contribution in [1.82, 2.24) is 0 Å². The fourth-order valence-electron chi connectivity index (χ4n) is 2.15. The van der Waals surface area contributed by atoms with Gasteiger partial charge in [-0.05, 0) is 12.1 Å². The molecule has 6 heteroatoms. The number of rotatable bonds is 2. The largest absolute Gasteiger partial charge is 0.508 e. The van der Waals surface area contributed by atoms with Crippen molar-refractivity contribution in [3.8, 4) is 5.75 Å². The van der Waals surface area contributed by atoms with Crippen LogP contribution in [0.2, 0.25) is 0 Å². The summed E-state index contributed by atoms with van der Waals surface area (Å²) in [6, 6.07) is 4.22. The maximum atomic E-state index is 11.8. The average molecular weight is 256 g/mol. The summed E-state index contributed by atoms with van der Waals surface area (Å²) in [7, 11) is -3.48. The first-order chi connectivity index (χ1) is 7.84. The zero-order valence-electron chi connectivity index (χ0n) is 9.12. The summed E-state index contributed by atoms with van der Waals surface area (Å²) in [6.07, 6.45) is 0. The fraction of sp³-hybridized carbons (Fsp3) is 0.364. The number of carboxylic acids is 1. The molecule has 0 fully saturated rings. The van der Waals surface area contributed by atoms with Gasteiger partial charge in [-0.2, -0.15) is 0 Å². The van der Waals surface area contributed by atoms with Crippen molar-refractivity contribution in [1.29, 1.82) is 0 Å². The Morgan fingerprint density at radius 1 is 1.47 bits per heavy atom. The summed E-state index contributed by atoms with van der Waals surface area (Å²) in [4.78, 5) is 11.0. The number of hydrogen-bond donors (Lipinski definition) is 2. The van der Waals surface area contributed by atoms with Crippen LogP contribution in [0.3, 0.4) is 0 Å². The summed E-state index contributed by atoms with van der Waals surface area (Å²) < 4.78 is 23.7. The molecular weight excluding hydrogens is 244 g/mol. The lowest BCUT2D eigenvalue weighted by Gasteiger charge is -2.15. The van der Waals surface area contributed by atoms with Crippen molar-refractivity contribution < 1.29 is 23.4 Å². The minimum absolute atomic E-state index is 0.0515. The summed E-state index contributed by atoms with van der Waals surface area (Å²) in [6.45, 7) is 1.45. The topological polar surface area (TPSA) is 91.7 Å². The number of benzene rings is 1. The molecular formula is C11H12O5S. The molecule has 1 aromatic carbocycles. The third-order valence-corrected chi connectivity index (χ3v) is 4.97. The minimum Gasteiger partial charge on any atom is -0.508 e. The highest BCUT2D eigenvalue weighted by molar-refractivity contribution is 7.91. The maximum absolute atomic E-state index is 11.8. The molecule has 0 saturated heterocycles. The predicted octanol–water partition coefficient (Wildman–Crippen LogP) is 0.984. The zero-order valence-corrected chi connectivity index (χ0v) is 9.94. The molecule has 0 bridgehead atoms. The molecule has 0 spiro atoms. The highest BCUT2D eigenvalue weighted by Crippen LogP contribution is 2.43. The molecule has 0 aliphatic carbocycles. The third-order valence-electron chi connectivity index (χ3n) is 3.14. The highest BCUT2D eigenvalue weighted by Gasteiger charge is 2.41. The molecule has 0 radical (unpaired) electrons. The second kappa shape index (κ2) is 3.73. The van der Waals surface area contributed by atoms with Gasteiger partial charge in [0, 0.05) is 11.5 Å². The van der Waals surface area contributed by atoms with E-state index >= 15 is 0 Å². The number of phenols is 1. The van der Waals surface area contributed by atoms with E-state index in [4.69, 9.17) is 5.11 Å². The van der Waals surface area contributed by atoms with E-state index in [1.807, 2.05) is 0 Å². The van der Waals surface area contributed by atoms with Crippen LogP contribution >= 0.6 is 0 Å². The highest BCUT2D eigenvalue weighted by atomic mass is 32.2. The molecule has 5 nitrogen and oxygen atoms in total. The van der Waals surface area contributed by atoms with Gasteiger partial charge in [0.2, 0.25) is 0 Å². The number of aromatic hydroxyl groups is 1. The van der Waals surface area contributed by atoms with E-state index in [0.29, 0.717) is 0 Å². The number of carbonyl (C=O) groups is 1. The van der Waals surface area contributed by atoms with E-state index in [1.54, 1.807) is 0 Å². The monoisotopic (exact) mass is 256 g/mol. The van der Waals surface area contributed by atoms with Gasteiger partial charge in [-0.1, -0.05) is 13.0 Å². The minimum atomic E-state index is -3.48. The van der Waals surface area contributed by atoms with E-state index in [-0.39, 0.29) is 22.0 Å². The second-order valence-corrected chi connectivity index (χ2v) is 6.21. The molecule has 2 unspecified atom stereocenters. The molecule has 0 aromatic heterocycles. The van der Waals surface area contributed by atoms with E-state index in [1.165, 1.54) is 25.1 Å². The lowest BCUT2D eigenvalue weighted by Crippen LogP contribution is -2.20. The molecule has 2 atom stereocenters. The molecule has 92 valence electrons. The first-order valence-electron chi connectivity index (χ1n) is 5.12. The third kappa shape index (κ3) is 1.78. The van der Waals surface area contributed by atoms with Crippen molar-refractivity contribution in [3.63, 3.8) is 0 Å². The van der Waals surface area contributed by atoms with E-state index in [0.717, 1.165) is 0 Å². The van der Waals surface area contributed by atoms with Crippen LogP contribution in [0.25, 0.3) is 0 Å². The molecule has 1 aliphatic heterocycles. The Morgan fingerprint density at radius 3 is 2.71 bits per heavy atom. The van der Waals surface area contributed by atoms with Gasteiger partial charge in [0.05, 0.1) is 16.6 Å². The van der Waals surface area contributed by atoms with Crippen molar-refractivity contribution in [2.75, 3.05) is 5.75 Å². The fourth-order valence-corrected chi connectivity index (χ4v) is 4.14. The number of phenolic OH excluding ortho intramolecular Hbond substituents is 1. The molecule has 1 heterocycles. The van der Waals surface area contributed by atoms with Crippen molar-refractivity contribution in [3.05, 3.63) is 23.8 Å².